The van der Waals surface area contributed by atoms with Crippen molar-refractivity contribution >= 4 is 33.3 Å². The summed E-state index contributed by atoms with van der Waals surface area (Å²) in [7, 11) is -2.35. The third-order valence-electron chi connectivity index (χ3n) is 3.99. The summed E-state index contributed by atoms with van der Waals surface area (Å²) in [4.78, 5) is 12.3. The first-order valence-corrected chi connectivity index (χ1v) is 8.85. The molecule has 0 bridgehead atoms. The topological polar surface area (TPSA) is 116 Å². The van der Waals surface area contributed by atoms with Crippen molar-refractivity contribution in [3.8, 4) is 11.5 Å². The van der Waals surface area contributed by atoms with E-state index in [1.54, 1.807) is 6.92 Å². The number of sulfonamides is 1. The summed E-state index contributed by atoms with van der Waals surface area (Å²) in [5, 5.41) is 22.2. The van der Waals surface area contributed by atoms with Crippen molar-refractivity contribution in [1.82, 2.24) is 4.72 Å². The van der Waals surface area contributed by atoms with Crippen LogP contribution < -0.4 is 10.0 Å². The Balaban J connectivity index is 2.18. The van der Waals surface area contributed by atoms with Gasteiger partial charge in [0.05, 0.1) is 4.90 Å². The van der Waals surface area contributed by atoms with Gasteiger partial charge in [0.2, 0.25) is 10.0 Å². The SMILES string of the molecule is CNS(=O)(=O)c1ccc2c(c1)C(=Cc1c(C)cc(O)cc1O)C(=O)N2. The molecule has 0 unspecified atom stereocenters. The van der Waals surface area contributed by atoms with Gasteiger partial charge in [-0.1, -0.05) is 0 Å². The smallest absolute Gasteiger partial charge is 0.256 e. The molecule has 3 rings (SSSR count). The van der Waals surface area contributed by atoms with E-state index < -0.39 is 15.9 Å². The first-order valence-electron chi connectivity index (χ1n) is 7.36. The van der Waals surface area contributed by atoms with Crippen molar-refractivity contribution in [2.24, 2.45) is 0 Å². The lowest BCUT2D eigenvalue weighted by Crippen LogP contribution is -2.18. The fourth-order valence-electron chi connectivity index (χ4n) is 2.69. The lowest BCUT2D eigenvalue weighted by Gasteiger charge is -2.07. The highest BCUT2D eigenvalue weighted by atomic mass is 32.2. The van der Waals surface area contributed by atoms with E-state index in [1.807, 2.05) is 0 Å². The molecule has 1 heterocycles. The molecule has 130 valence electrons. The Hall–Kier alpha value is -2.84. The second-order valence-corrected chi connectivity index (χ2v) is 7.51. The van der Waals surface area contributed by atoms with Crippen molar-refractivity contribution in [2.45, 2.75) is 11.8 Å². The molecule has 7 nitrogen and oxygen atoms in total. The highest BCUT2D eigenvalue weighted by Crippen LogP contribution is 2.37. The summed E-state index contributed by atoms with van der Waals surface area (Å²) in [5.41, 5.74) is 2.09. The highest BCUT2D eigenvalue weighted by molar-refractivity contribution is 7.89. The van der Waals surface area contributed by atoms with Crippen molar-refractivity contribution in [2.75, 3.05) is 12.4 Å². The van der Waals surface area contributed by atoms with Crippen LogP contribution in [0.3, 0.4) is 0 Å². The summed E-state index contributed by atoms with van der Waals surface area (Å²) in [5.74, 6) is -0.665. The van der Waals surface area contributed by atoms with E-state index in [1.165, 1.54) is 43.5 Å². The standard InChI is InChI=1S/C17H16N2O5S/c1-9-5-10(20)6-16(21)12(9)8-14-13-7-11(25(23,24)18-2)3-4-15(13)19-17(14)22/h3-8,18,20-21H,1-2H3,(H,19,22). The number of aryl methyl sites for hydroxylation is 1. The molecule has 0 aromatic heterocycles. The summed E-state index contributed by atoms with van der Waals surface area (Å²) < 4.78 is 26.2. The highest BCUT2D eigenvalue weighted by Gasteiger charge is 2.27. The Morgan fingerprint density at radius 3 is 2.52 bits per heavy atom. The normalized spacial score (nSPS) is 15.3. The first kappa shape index (κ1) is 17.0. The Bertz CT molecular complexity index is 1000. The van der Waals surface area contributed by atoms with Gasteiger partial charge in [-0.2, -0.15) is 0 Å². The van der Waals surface area contributed by atoms with Crippen LogP contribution in [0.25, 0.3) is 11.6 Å². The molecular formula is C17H16N2O5S. The van der Waals surface area contributed by atoms with E-state index in [0.29, 0.717) is 22.4 Å². The average Bonchev–Trinajstić information content (AvgIpc) is 2.85. The molecule has 0 aliphatic carbocycles. The number of phenols is 2. The second-order valence-electron chi connectivity index (χ2n) is 5.62. The van der Waals surface area contributed by atoms with E-state index in [2.05, 4.69) is 10.0 Å². The largest absolute Gasteiger partial charge is 0.508 e. The van der Waals surface area contributed by atoms with E-state index in [4.69, 9.17) is 0 Å². The number of carbonyl (C=O) groups excluding carboxylic acids is 1. The Morgan fingerprint density at radius 2 is 1.88 bits per heavy atom. The quantitative estimate of drug-likeness (QED) is 0.623. The van der Waals surface area contributed by atoms with Crippen LogP contribution in [-0.2, 0) is 14.8 Å². The molecule has 0 atom stereocenters. The molecule has 0 radical (unpaired) electrons. The number of aromatic hydroxyl groups is 2. The predicted molar refractivity (Wildman–Crippen MR) is 93.7 cm³/mol. The molecule has 25 heavy (non-hydrogen) atoms. The number of carbonyl (C=O) groups is 1. The van der Waals surface area contributed by atoms with Crippen LogP contribution in [0.1, 0.15) is 16.7 Å². The number of rotatable bonds is 3. The maximum Gasteiger partial charge on any atom is 0.256 e. The van der Waals surface area contributed by atoms with Gasteiger partial charge in [0.15, 0.2) is 0 Å². The number of nitrogens with one attached hydrogen (secondary N) is 2. The van der Waals surface area contributed by atoms with E-state index >= 15 is 0 Å². The summed E-state index contributed by atoms with van der Waals surface area (Å²) in [6.45, 7) is 1.68. The second kappa shape index (κ2) is 5.91. The number of hydrogen-bond acceptors (Lipinski definition) is 5. The van der Waals surface area contributed by atoms with Crippen LogP contribution in [0.15, 0.2) is 35.2 Å². The van der Waals surface area contributed by atoms with Crippen LogP contribution in [0.5, 0.6) is 11.5 Å². The van der Waals surface area contributed by atoms with Crippen LogP contribution in [-0.4, -0.2) is 31.6 Å². The Kier molecular flexibility index (Phi) is 4.02. The molecular weight excluding hydrogens is 344 g/mol. The fourth-order valence-corrected chi connectivity index (χ4v) is 3.44. The third-order valence-corrected chi connectivity index (χ3v) is 5.40. The van der Waals surface area contributed by atoms with Gasteiger partial charge in [-0.15, -0.1) is 0 Å². The van der Waals surface area contributed by atoms with Crippen LogP contribution >= 0.6 is 0 Å². The van der Waals surface area contributed by atoms with Gasteiger partial charge in [-0.3, -0.25) is 4.79 Å². The molecule has 2 aromatic rings. The monoisotopic (exact) mass is 360 g/mol. The van der Waals surface area contributed by atoms with Crippen molar-refractivity contribution in [3.05, 3.63) is 47.0 Å². The fraction of sp³-hybridized carbons (Fsp3) is 0.118. The summed E-state index contributed by atoms with van der Waals surface area (Å²) in [6.07, 6.45) is 1.47. The van der Waals surface area contributed by atoms with E-state index in [9.17, 15) is 23.4 Å². The Morgan fingerprint density at radius 1 is 1.16 bits per heavy atom. The van der Waals surface area contributed by atoms with Gasteiger partial charge in [0, 0.05) is 28.5 Å². The van der Waals surface area contributed by atoms with Crippen LogP contribution in [0, 0.1) is 6.92 Å². The summed E-state index contributed by atoms with van der Waals surface area (Å²) in [6, 6.07) is 6.95. The van der Waals surface area contributed by atoms with Crippen LogP contribution in [0.2, 0.25) is 0 Å². The molecule has 0 saturated carbocycles. The molecule has 0 fully saturated rings. The predicted octanol–water partition coefficient (Wildman–Crippen LogP) is 1.81. The van der Waals surface area contributed by atoms with Gasteiger partial charge in [-0.25, -0.2) is 13.1 Å². The number of phenolic OH excluding ortho intramolecular Hbond substituents is 2. The minimum Gasteiger partial charge on any atom is -0.508 e. The van der Waals surface area contributed by atoms with Gasteiger partial charge in [0.1, 0.15) is 11.5 Å². The third kappa shape index (κ3) is 2.97. The van der Waals surface area contributed by atoms with E-state index in [-0.39, 0.29) is 22.0 Å². The minimum atomic E-state index is -3.65. The molecule has 1 aliphatic rings. The number of benzene rings is 2. The number of anilines is 1. The zero-order valence-electron chi connectivity index (χ0n) is 13.5. The molecule has 2 aromatic carbocycles. The summed E-state index contributed by atoms with van der Waals surface area (Å²) >= 11 is 0. The average molecular weight is 360 g/mol. The number of hydrogen-bond donors (Lipinski definition) is 4. The molecule has 8 heteroatoms. The van der Waals surface area contributed by atoms with Crippen molar-refractivity contribution in [1.29, 1.82) is 0 Å². The van der Waals surface area contributed by atoms with Crippen molar-refractivity contribution in [3.63, 3.8) is 0 Å². The number of fused-ring (bicyclic) bond motifs is 1. The van der Waals surface area contributed by atoms with Crippen LogP contribution in [0.4, 0.5) is 5.69 Å². The minimum absolute atomic E-state index is 0.0304. The molecule has 0 saturated heterocycles. The zero-order valence-corrected chi connectivity index (χ0v) is 14.3. The lowest BCUT2D eigenvalue weighted by atomic mass is 10.0. The van der Waals surface area contributed by atoms with Gasteiger partial charge in [0.25, 0.3) is 5.91 Å². The molecule has 0 spiro atoms. The van der Waals surface area contributed by atoms with Gasteiger partial charge >= 0.3 is 0 Å². The van der Waals surface area contributed by atoms with Gasteiger partial charge in [-0.05, 0) is 49.9 Å². The number of amides is 1. The maximum atomic E-state index is 12.3. The molecule has 4 N–H and O–H groups in total. The lowest BCUT2D eigenvalue weighted by molar-refractivity contribution is -0.110. The molecule has 1 aliphatic heterocycles. The van der Waals surface area contributed by atoms with Crippen molar-refractivity contribution < 1.29 is 23.4 Å². The first-order chi connectivity index (χ1) is 11.7. The Labute approximate surface area is 144 Å². The molecule has 1 amide bonds. The zero-order chi connectivity index (χ0) is 18.4. The maximum absolute atomic E-state index is 12.3. The van der Waals surface area contributed by atoms with E-state index in [0.717, 1.165) is 0 Å². The van der Waals surface area contributed by atoms with Gasteiger partial charge < -0.3 is 15.5 Å².